The Morgan fingerprint density at radius 3 is 2.67 bits per heavy atom. The van der Waals surface area contributed by atoms with Gasteiger partial charge in [0.25, 0.3) is 0 Å². The maximum absolute atomic E-state index is 12.2. The Labute approximate surface area is 179 Å². The van der Waals surface area contributed by atoms with Gasteiger partial charge in [-0.1, -0.05) is 11.6 Å². The molecule has 2 aromatic heterocycles. The molecule has 1 aromatic carbocycles. The van der Waals surface area contributed by atoms with Crippen LogP contribution in [0, 0.1) is 0 Å². The van der Waals surface area contributed by atoms with Crippen LogP contribution < -0.4 is 0 Å². The Balaban J connectivity index is 1.47. The lowest BCUT2D eigenvalue weighted by atomic mass is 10.1. The van der Waals surface area contributed by atoms with Crippen LogP contribution in [0.4, 0.5) is 4.79 Å². The molecule has 0 saturated carbocycles. The number of hydrogen-bond donors (Lipinski definition) is 1. The van der Waals surface area contributed by atoms with Crippen molar-refractivity contribution in [3.63, 3.8) is 0 Å². The molecule has 0 radical (unpaired) electrons. The summed E-state index contributed by atoms with van der Waals surface area (Å²) in [6.45, 7) is 6.85. The average Bonchev–Trinajstić information content (AvgIpc) is 3.20. The van der Waals surface area contributed by atoms with Crippen LogP contribution in [0.3, 0.4) is 0 Å². The third-order valence-corrected chi connectivity index (χ3v) is 5.39. The molecule has 1 aliphatic rings. The summed E-state index contributed by atoms with van der Waals surface area (Å²) in [4.78, 5) is 22.9. The molecule has 30 heavy (non-hydrogen) atoms. The molecule has 8 nitrogen and oxygen atoms in total. The van der Waals surface area contributed by atoms with Crippen molar-refractivity contribution in [1.29, 1.82) is 0 Å². The van der Waals surface area contributed by atoms with Crippen LogP contribution in [0.5, 0.6) is 5.75 Å². The SMILES string of the molecule is CC(C)(C)OC(=O)N1CCC(n2cc(-c3cnc4ccc(O)c(Cl)c4n3)cn2)CC1. The summed E-state index contributed by atoms with van der Waals surface area (Å²) < 4.78 is 7.37. The summed E-state index contributed by atoms with van der Waals surface area (Å²) in [5.74, 6) is -0.0249. The van der Waals surface area contributed by atoms with Gasteiger partial charge in [-0.3, -0.25) is 9.67 Å². The number of phenolic OH excluding ortho intramolecular Hbond substituents is 1. The summed E-state index contributed by atoms with van der Waals surface area (Å²) in [6.07, 6.45) is 6.66. The third kappa shape index (κ3) is 4.18. The predicted molar refractivity (Wildman–Crippen MR) is 114 cm³/mol. The molecule has 1 amide bonds. The molecule has 1 aliphatic heterocycles. The van der Waals surface area contributed by atoms with Crippen molar-refractivity contribution >= 4 is 28.7 Å². The number of aromatic hydroxyl groups is 1. The molecule has 0 atom stereocenters. The van der Waals surface area contributed by atoms with Crippen molar-refractivity contribution in [2.45, 2.75) is 45.3 Å². The van der Waals surface area contributed by atoms with Crippen molar-refractivity contribution in [3.8, 4) is 17.0 Å². The topological polar surface area (TPSA) is 93.4 Å². The van der Waals surface area contributed by atoms with Gasteiger partial charge in [0.2, 0.25) is 0 Å². The predicted octanol–water partition coefficient (Wildman–Crippen LogP) is 4.42. The lowest BCUT2D eigenvalue weighted by Crippen LogP contribution is -2.42. The molecule has 3 aromatic rings. The van der Waals surface area contributed by atoms with Gasteiger partial charge in [0.05, 0.1) is 29.6 Å². The number of phenols is 1. The van der Waals surface area contributed by atoms with Crippen molar-refractivity contribution < 1.29 is 14.6 Å². The summed E-state index contributed by atoms with van der Waals surface area (Å²) in [6, 6.07) is 3.37. The third-order valence-electron chi connectivity index (χ3n) is 5.02. The molecule has 0 spiro atoms. The number of carbonyl (C=O) groups is 1. The van der Waals surface area contributed by atoms with Gasteiger partial charge in [-0.25, -0.2) is 9.78 Å². The van der Waals surface area contributed by atoms with E-state index < -0.39 is 5.60 Å². The van der Waals surface area contributed by atoms with E-state index in [1.165, 1.54) is 6.07 Å². The van der Waals surface area contributed by atoms with Crippen molar-refractivity contribution in [2.24, 2.45) is 0 Å². The molecule has 0 aliphatic carbocycles. The number of fused-ring (bicyclic) bond motifs is 1. The van der Waals surface area contributed by atoms with Gasteiger partial charge in [-0.05, 0) is 45.7 Å². The first-order valence-corrected chi connectivity index (χ1v) is 10.3. The number of likely N-dealkylation sites (tertiary alicyclic amines) is 1. The monoisotopic (exact) mass is 429 g/mol. The summed E-state index contributed by atoms with van der Waals surface area (Å²) in [7, 11) is 0. The Morgan fingerprint density at radius 1 is 1.23 bits per heavy atom. The number of carbonyl (C=O) groups excluding carboxylic acids is 1. The van der Waals surface area contributed by atoms with Gasteiger partial charge in [0.1, 0.15) is 21.9 Å². The van der Waals surface area contributed by atoms with Crippen LogP contribution in [0.1, 0.15) is 39.7 Å². The van der Waals surface area contributed by atoms with E-state index >= 15 is 0 Å². The summed E-state index contributed by atoms with van der Waals surface area (Å²) in [5, 5.41) is 14.5. The van der Waals surface area contributed by atoms with Crippen LogP contribution >= 0.6 is 11.6 Å². The normalized spacial score (nSPS) is 15.5. The Hall–Kier alpha value is -2.87. The standard InChI is InChI=1S/C21H24ClN5O3/c1-21(2,3)30-20(29)26-8-6-14(7-9-26)27-12-13(10-24-27)16-11-23-15-4-5-17(28)18(22)19(15)25-16/h4-5,10-12,14,28H,6-9H2,1-3H3. The zero-order valence-electron chi connectivity index (χ0n) is 17.2. The summed E-state index contributed by atoms with van der Waals surface area (Å²) >= 11 is 6.18. The van der Waals surface area contributed by atoms with Crippen molar-refractivity contribution in [3.05, 3.63) is 35.7 Å². The Morgan fingerprint density at radius 2 is 1.97 bits per heavy atom. The van der Waals surface area contributed by atoms with Gasteiger partial charge in [-0.15, -0.1) is 0 Å². The number of aromatic nitrogens is 4. The number of piperidine rings is 1. The number of hydrogen-bond acceptors (Lipinski definition) is 6. The second-order valence-electron chi connectivity index (χ2n) is 8.43. The van der Waals surface area contributed by atoms with Gasteiger partial charge in [-0.2, -0.15) is 5.10 Å². The molecule has 9 heteroatoms. The van der Waals surface area contributed by atoms with E-state index in [0.717, 1.165) is 18.4 Å². The minimum atomic E-state index is -0.495. The molecule has 3 heterocycles. The number of nitrogens with zero attached hydrogens (tertiary/aromatic N) is 5. The van der Waals surface area contributed by atoms with E-state index in [9.17, 15) is 9.90 Å². The molecule has 1 fully saturated rings. The highest BCUT2D eigenvalue weighted by Crippen LogP contribution is 2.31. The number of benzene rings is 1. The van der Waals surface area contributed by atoms with Gasteiger partial charge in [0, 0.05) is 24.8 Å². The number of ether oxygens (including phenoxy) is 1. The largest absolute Gasteiger partial charge is 0.506 e. The highest BCUT2D eigenvalue weighted by Gasteiger charge is 2.28. The first kappa shape index (κ1) is 20.4. The van der Waals surface area contributed by atoms with E-state index in [-0.39, 0.29) is 22.9 Å². The van der Waals surface area contributed by atoms with E-state index in [4.69, 9.17) is 16.3 Å². The molecule has 158 valence electrons. The fourth-order valence-electron chi connectivity index (χ4n) is 3.48. The molecule has 0 unspecified atom stereocenters. The second-order valence-corrected chi connectivity index (χ2v) is 8.81. The first-order chi connectivity index (χ1) is 14.2. The smallest absolute Gasteiger partial charge is 0.410 e. The highest BCUT2D eigenvalue weighted by molar-refractivity contribution is 6.36. The van der Waals surface area contributed by atoms with E-state index in [1.807, 2.05) is 31.6 Å². The quantitative estimate of drug-likeness (QED) is 0.647. The first-order valence-electron chi connectivity index (χ1n) is 9.88. The van der Waals surface area contributed by atoms with Crippen LogP contribution in [0.25, 0.3) is 22.3 Å². The van der Waals surface area contributed by atoms with Gasteiger partial charge < -0.3 is 14.7 Å². The zero-order chi connectivity index (χ0) is 21.5. The van der Waals surface area contributed by atoms with Crippen molar-refractivity contribution in [2.75, 3.05) is 13.1 Å². The Kier molecular flexibility index (Phi) is 5.27. The maximum atomic E-state index is 12.2. The highest BCUT2D eigenvalue weighted by atomic mass is 35.5. The fraction of sp³-hybridized carbons (Fsp3) is 0.429. The lowest BCUT2D eigenvalue weighted by molar-refractivity contribution is 0.0185. The minimum absolute atomic E-state index is 0.0249. The van der Waals surface area contributed by atoms with Crippen LogP contribution in [-0.2, 0) is 4.74 Å². The fourth-order valence-corrected chi connectivity index (χ4v) is 3.68. The molecule has 4 rings (SSSR count). The zero-order valence-corrected chi connectivity index (χ0v) is 17.9. The molecule has 1 N–H and O–H groups in total. The number of halogens is 1. The van der Waals surface area contributed by atoms with E-state index in [2.05, 4.69) is 15.1 Å². The van der Waals surface area contributed by atoms with E-state index in [0.29, 0.717) is 29.8 Å². The van der Waals surface area contributed by atoms with Crippen LogP contribution in [0.2, 0.25) is 5.02 Å². The molecule has 0 bridgehead atoms. The minimum Gasteiger partial charge on any atom is -0.506 e. The Bertz CT molecular complexity index is 1080. The molecular formula is C21H24ClN5O3. The van der Waals surface area contributed by atoms with E-state index in [1.54, 1.807) is 23.4 Å². The summed E-state index contributed by atoms with van der Waals surface area (Å²) in [5.41, 5.74) is 2.02. The lowest BCUT2D eigenvalue weighted by Gasteiger charge is -2.33. The van der Waals surface area contributed by atoms with Crippen LogP contribution in [0.15, 0.2) is 30.7 Å². The maximum Gasteiger partial charge on any atom is 0.410 e. The van der Waals surface area contributed by atoms with Crippen molar-refractivity contribution in [1.82, 2.24) is 24.6 Å². The van der Waals surface area contributed by atoms with Gasteiger partial charge in [0.15, 0.2) is 0 Å². The number of rotatable bonds is 2. The molecular weight excluding hydrogens is 406 g/mol. The number of amides is 1. The second kappa shape index (κ2) is 7.75. The average molecular weight is 430 g/mol. The van der Waals surface area contributed by atoms with Gasteiger partial charge >= 0.3 is 6.09 Å². The van der Waals surface area contributed by atoms with Crippen LogP contribution in [-0.4, -0.2) is 54.5 Å². The molecule has 1 saturated heterocycles.